The zero-order chi connectivity index (χ0) is 41.1. The van der Waals surface area contributed by atoms with Gasteiger partial charge in [-0.25, -0.2) is 0 Å². The number of fused-ring (bicyclic) bond motifs is 11. The molecule has 6 aromatic carbocycles. The van der Waals surface area contributed by atoms with Gasteiger partial charge in [-0.05, 0) is 60.5 Å². The molecule has 1 aliphatic rings. The first kappa shape index (κ1) is 13.0. The number of nitrogens with zero attached hydrogens (tertiary/aromatic N) is 4. The highest BCUT2D eigenvalue weighted by molar-refractivity contribution is 6.12. The van der Waals surface area contributed by atoms with E-state index in [1.54, 1.807) is 18.2 Å². The summed E-state index contributed by atoms with van der Waals surface area (Å²) in [6.07, 6.45) is 0. The summed E-state index contributed by atoms with van der Waals surface area (Å²) in [4.78, 5) is 4.70. The van der Waals surface area contributed by atoms with Crippen molar-refractivity contribution in [2.45, 2.75) is 6.61 Å². The highest BCUT2D eigenvalue weighted by Gasteiger charge is 2.22. The van der Waals surface area contributed by atoms with Crippen LogP contribution in [0.4, 0.5) is 0 Å². The van der Waals surface area contributed by atoms with Crippen LogP contribution in [-0.4, -0.2) is 18.7 Å². The topological polar surface area (TPSA) is 36.9 Å². The molecule has 0 amide bonds. The van der Waals surface area contributed by atoms with Crippen molar-refractivity contribution in [2.24, 2.45) is 0 Å². The summed E-state index contributed by atoms with van der Waals surface area (Å²) in [5, 5.41) is -0.945. The lowest BCUT2D eigenvalue weighted by Crippen LogP contribution is -2.11. The molecule has 0 saturated carbocycles. The number of rotatable bonds is 2. The quantitative estimate of drug-likeness (QED) is 0.209. The standard InChI is InChI=1S/C38H24N4O/c1-5-13-32-24(9-1)23-43-38-39-31-22-26(18-20-37(31)42(32)38)41-35-16-8-4-12-29(35)30-21-25(17-19-36(30)41)40-33-14-6-2-10-27(33)28-11-3-7-15-34(28)40/h1-22H,23H2/i2D,3D,4D,6D,7D,8D,10D,11D,12D,14D,15D,16D,17D,19D,21D. The molecule has 1 aliphatic heterocycles. The molecule has 43 heavy (non-hydrogen) atoms. The Hall–Kier alpha value is -5.81. The molecule has 0 saturated heterocycles. The van der Waals surface area contributed by atoms with Crippen molar-refractivity contribution in [1.82, 2.24) is 18.7 Å². The molecule has 5 nitrogen and oxygen atoms in total. The molecule has 0 aliphatic carbocycles. The maximum Gasteiger partial charge on any atom is 0.302 e. The Bertz CT molecular complexity index is 3350. The van der Waals surface area contributed by atoms with E-state index in [4.69, 9.17) is 26.2 Å². The van der Waals surface area contributed by atoms with Gasteiger partial charge in [0.05, 0.1) is 59.3 Å². The highest BCUT2D eigenvalue weighted by atomic mass is 16.5. The Kier molecular flexibility index (Phi) is 2.53. The summed E-state index contributed by atoms with van der Waals surface area (Å²) in [5.41, 5.74) is 1.70. The van der Waals surface area contributed by atoms with Gasteiger partial charge in [0.1, 0.15) is 6.61 Å². The molecule has 0 radical (unpaired) electrons. The Morgan fingerprint density at radius 1 is 0.581 bits per heavy atom. The molecule has 5 heteroatoms. The van der Waals surface area contributed by atoms with Crippen LogP contribution in [0, 0.1) is 0 Å². The van der Waals surface area contributed by atoms with E-state index in [1.807, 2.05) is 28.8 Å². The Labute approximate surface area is 267 Å². The monoisotopic (exact) mass is 567 g/mol. The maximum atomic E-state index is 9.78. The first-order valence-corrected chi connectivity index (χ1v) is 13.4. The minimum atomic E-state index is -0.710. The van der Waals surface area contributed by atoms with Gasteiger partial charge in [0.2, 0.25) is 0 Å². The van der Waals surface area contributed by atoms with Crippen molar-refractivity contribution in [2.75, 3.05) is 0 Å². The van der Waals surface area contributed by atoms with E-state index in [9.17, 15) is 4.11 Å². The summed E-state index contributed by atoms with van der Waals surface area (Å²) in [5.74, 6) is 0. The normalized spacial score (nSPS) is 17.6. The first-order chi connectivity index (χ1) is 27.6. The van der Waals surface area contributed by atoms with Crippen LogP contribution in [0.5, 0.6) is 6.01 Å². The second-order valence-electron chi connectivity index (χ2n) is 10.1. The molecule has 10 rings (SSSR count). The second-order valence-corrected chi connectivity index (χ2v) is 10.1. The van der Waals surface area contributed by atoms with E-state index < -0.39 is 96.3 Å². The Balaban J connectivity index is 1.39. The van der Waals surface area contributed by atoms with Gasteiger partial charge < -0.3 is 13.9 Å². The Morgan fingerprint density at radius 3 is 1.95 bits per heavy atom. The van der Waals surface area contributed by atoms with Crippen LogP contribution in [0.3, 0.4) is 0 Å². The molecule has 0 unspecified atom stereocenters. The van der Waals surface area contributed by atoms with Crippen LogP contribution in [0.2, 0.25) is 0 Å². The van der Waals surface area contributed by atoms with Crippen LogP contribution in [0.25, 0.3) is 71.7 Å². The van der Waals surface area contributed by atoms with Crippen molar-refractivity contribution in [3.63, 3.8) is 0 Å². The van der Waals surface area contributed by atoms with Crippen molar-refractivity contribution in [1.29, 1.82) is 0 Å². The predicted octanol–water partition coefficient (Wildman–Crippen LogP) is 9.11. The summed E-state index contributed by atoms with van der Waals surface area (Å²) < 4.78 is 144. The van der Waals surface area contributed by atoms with E-state index in [1.165, 1.54) is 4.57 Å². The number of ether oxygens (including phenoxy) is 1. The molecule has 0 bridgehead atoms. The number of hydrogen-bond acceptors (Lipinski definition) is 2. The molecule has 3 aromatic heterocycles. The molecule has 0 spiro atoms. The SMILES string of the molecule is [2H]c1c([2H])c([2H])c2c(c1[2H])c1c([2H])c(-n3c4c([2H])c([2H])c([2H])c([2H])c4c4c([2H])c([2H])c([2H])c([2H])c43)c([2H])c([2H])c1n2-c1ccc2c(c1)nc1n2-c2ccccc2CO1. The van der Waals surface area contributed by atoms with E-state index in [0.717, 1.165) is 15.8 Å². The molecular formula is C38H24N4O. The highest BCUT2D eigenvalue weighted by Crippen LogP contribution is 2.38. The fourth-order valence-corrected chi connectivity index (χ4v) is 6.03. The zero-order valence-electron chi connectivity index (χ0n) is 36.9. The van der Waals surface area contributed by atoms with E-state index in [-0.39, 0.29) is 49.3 Å². The molecule has 202 valence electrons. The smallest absolute Gasteiger partial charge is 0.302 e. The molecular weight excluding hydrogens is 528 g/mol. The third-order valence-electron chi connectivity index (χ3n) is 7.86. The zero-order valence-corrected chi connectivity index (χ0v) is 21.9. The van der Waals surface area contributed by atoms with Gasteiger partial charge in [-0.15, -0.1) is 0 Å². The van der Waals surface area contributed by atoms with E-state index in [2.05, 4.69) is 0 Å². The van der Waals surface area contributed by atoms with Gasteiger partial charge in [0.15, 0.2) is 0 Å². The van der Waals surface area contributed by atoms with Crippen LogP contribution < -0.4 is 4.74 Å². The molecule has 0 N–H and O–H groups in total. The number of hydrogen-bond donors (Lipinski definition) is 0. The third-order valence-corrected chi connectivity index (χ3v) is 7.86. The van der Waals surface area contributed by atoms with Gasteiger partial charge in [-0.3, -0.25) is 4.57 Å². The van der Waals surface area contributed by atoms with Gasteiger partial charge in [-0.2, -0.15) is 4.98 Å². The summed E-state index contributed by atoms with van der Waals surface area (Å²) >= 11 is 0. The summed E-state index contributed by atoms with van der Waals surface area (Å²) in [7, 11) is 0. The Morgan fingerprint density at radius 2 is 1.21 bits per heavy atom. The van der Waals surface area contributed by atoms with Crippen molar-refractivity contribution in [3.05, 3.63) is 139 Å². The maximum absolute atomic E-state index is 9.78. The first-order valence-electron chi connectivity index (χ1n) is 20.9. The fourth-order valence-electron chi connectivity index (χ4n) is 6.03. The number of benzene rings is 6. The van der Waals surface area contributed by atoms with Gasteiger partial charge in [-0.1, -0.05) is 72.6 Å². The lowest BCUT2D eigenvalue weighted by molar-refractivity contribution is 0.265. The van der Waals surface area contributed by atoms with Gasteiger partial charge in [0.25, 0.3) is 0 Å². The van der Waals surface area contributed by atoms with E-state index >= 15 is 0 Å². The predicted molar refractivity (Wildman–Crippen MR) is 174 cm³/mol. The summed E-state index contributed by atoms with van der Waals surface area (Å²) in [6, 6.07) is 3.57. The van der Waals surface area contributed by atoms with Crippen LogP contribution in [0.15, 0.2) is 133 Å². The number of aromatic nitrogens is 4. The van der Waals surface area contributed by atoms with Crippen molar-refractivity contribution >= 4 is 54.6 Å². The van der Waals surface area contributed by atoms with Crippen molar-refractivity contribution < 1.29 is 25.3 Å². The lowest BCUT2D eigenvalue weighted by atomic mass is 10.1. The fraction of sp³-hybridized carbons (Fsp3) is 0.0263. The number of para-hydroxylation sites is 4. The second kappa shape index (κ2) is 8.37. The minimum absolute atomic E-state index is 0.115. The average molecular weight is 568 g/mol. The molecule has 4 heterocycles. The van der Waals surface area contributed by atoms with E-state index in [0.29, 0.717) is 23.7 Å². The lowest BCUT2D eigenvalue weighted by Gasteiger charge is -2.19. The average Bonchev–Trinajstić information content (AvgIpc) is 3.90. The number of imidazole rings is 1. The third kappa shape index (κ3) is 3.08. The minimum Gasteiger partial charge on any atom is -0.459 e. The van der Waals surface area contributed by atoms with Gasteiger partial charge >= 0.3 is 6.01 Å². The van der Waals surface area contributed by atoms with Gasteiger partial charge in [0, 0.05) is 38.5 Å². The van der Waals surface area contributed by atoms with Crippen molar-refractivity contribution in [3.8, 4) is 23.1 Å². The molecule has 0 atom stereocenters. The van der Waals surface area contributed by atoms with Crippen LogP contribution in [0.1, 0.15) is 26.1 Å². The van der Waals surface area contributed by atoms with Crippen LogP contribution >= 0.6 is 0 Å². The largest absolute Gasteiger partial charge is 0.459 e. The van der Waals surface area contributed by atoms with Crippen LogP contribution in [-0.2, 0) is 6.61 Å². The molecule has 9 aromatic rings. The molecule has 0 fully saturated rings. The summed E-state index contributed by atoms with van der Waals surface area (Å²) in [6.45, 7) is 0.293.